The van der Waals surface area contributed by atoms with E-state index in [2.05, 4.69) is 25.5 Å². The number of pyridine rings is 1. The Labute approximate surface area is 158 Å². The van der Waals surface area contributed by atoms with Gasteiger partial charge in [0.15, 0.2) is 0 Å². The Kier molecular flexibility index (Phi) is 5.35. The summed E-state index contributed by atoms with van der Waals surface area (Å²) in [5.41, 5.74) is 2.01. The molecular weight excluding hydrogens is 344 g/mol. The Morgan fingerprint density at radius 2 is 2.15 bits per heavy atom. The highest BCUT2D eigenvalue weighted by Crippen LogP contribution is 2.24. The van der Waals surface area contributed by atoms with Crippen molar-refractivity contribution in [2.24, 2.45) is 0 Å². The van der Waals surface area contributed by atoms with Crippen molar-refractivity contribution in [3.8, 4) is 11.3 Å². The number of aromatic amines is 1. The van der Waals surface area contributed by atoms with E-state index in [1.807, 2.05) is 19.1 Å². The summed E-state index contributed by atoms with van der Waals surface area (Å²) < 4.78 is 5.41. The average Bonchev–Trinajstić information content (AvgIpc) is 2.70. The predicted molar refractivity (Wildman–Crippen MR) is 105 cm³/mol. The molecule has 2 aliphatic heterocycles. The van der Waals surface area contributed by atoms with E-state index in [0.29, 0.717) is 36.2 Å². The maximum absolute atomic E-state index is 13.0. The molecule has 0 radical (unpaired) electrons. The fourth-order valence-electron chi connectivity index (χ4n) is 3.51. The molecule has 8 nitrogen and oxygen atoms in total. The molecule has 4 rings (SSSR count). The van der Waals surface area contributed by atoms with Crippen LogP contribution < -0.4 is 21.1 Å². The number of rotatable bonds is 4. The zero-order valence-corrected chi connectivity index (χ0v) is 15.6. The van der Waals surface area contributed by atoms with Crippen molar-refractivity contribution >= 4 is 11.8 Å². The van der Waals surface area contributed by atoms with E-state index < -0.39 is 0 Å². The lowest BCUT2D eigenvalue weighted by atomic mass is 10.1. The zero-order valence-electron chi connectivity index (χ0n) is 15.6. The van der Waals surface area contributed by atoms with Crippen LogP contribution in [-0.4, -0.2) is 60.4 Å². The maximum atomic E-state index is 13.0. The molecule has 27 heavy (non-hydrogen) atoms. The number of aryl methyl sites for hydroxylation is 1. The van der Waals surface area contributed by atoms with Crippen molar-refractivity contribution in [3.05, 3.63) is 34.2 Å². The number of H-pyrrole nitrogens is 1. The molecule has 2 fully saturated rings. The van der Waals surface area contributed by atoms with Crippen molar-refractivity contribution in [1.29, 1.82) is 0 Å². The highest BCUT2D eigenvalue weighted by atomic mass is 16.5. The summed E-state index contributed by atoms with van der Waals surface area (Å²) in [7, 11) is 0. The first-order chi connectivity index (χ1) is 13.2. The number of ether oxygens (including phenoxy) is 1. The number of piperidine rings is 1. The van der Waals surface area contributed by atoms with Crippen LogP contribution in [-0.2, 0) is 4.74 Å². The molecule has 0 aliphatic carbocycles. The molecule has 0 unspecified atom stereocenters. The monoisotopic (exact) mass is 370 g/mol. The lowest BCUT2D eigenvalue weighted by Crippen LogP contribution is -2.40. The van der Waals surface area contributed by atoms with E-state index in [4.69, 9.17) is 9.72 Å². The van der Waals surface area contributed by atoms with E-state index >= 15 is 0 Å². The number of morpholine rings is 1. The van der Waals surface area contributed by atoms with Gasteiger partial charge < -0.3 is 20.3 Å². The Hall–Kier alpha value is -2.45. The van der Waals surface area contributed by atoms with Gasteiger partial charge in [0.1, 0.15) is 11.4 Å². The maximum Gasteiger partial charge on any atom is 0.263 e. The molecule has 2 aromatic rings. The SMILES string of the molecule is Cc1ccc(-c2c(N[C@@H]3CCCNC3)nc(N3CCOCC3)[nH]c2=O)nc1. The summed E-state index contributed by atoms with van der Waals surface area (Å²) in [5, 5.41) is 6.89. The third kappa shape index (κ3) is 4.12. The molecule has 8 heteroatoms. The first kappa shape index (κ1) is 17.9. The van der Waals surface area contributed by atoms with Gasteiger partial charge in [0.2, 0.25) is 5.95 Å². The summed E-state index contributed by atoms with van der Waals surface area (Å²) in [6.45, 7) is 6.59. The van der Waals surface area contributed by atoms with E-state index in [1.165, 1.54) is 0 Å². The Balaban J connectivity index is 1.73. The number of nitrogens with one attached hydrogen (secondary N) is 3. The zero-order chi connectivity index (χ0) is 18.6. The van der Waals surface area contributed by atoms with Gasteiger partial charge in [0.25, 0.3) is 5.56 Å². The number of hydrogen-bond acceptors (Lipinski definition) is 7. The first-order valence-electron chi connectivity index (χ1n) is 9.58. The lowest BCUT2D eigenvalue weighted by Gasteiger charge is -2.29. The van der Waals surface area contributed by atoms with Crippen LogP contribution in [0.4, 0.5) is 11.8 Å². The molecule has 0 amide bonds. The Bertz CT molecular complexity index is 823. The highest BCUT2D eigenvalue weighted by molar-refractivity contribution is 5.73. The third-order valence-corrected chi connectivity index (χ3v) is 5.02. The second-order valence-electron chi connectivity index (χ2n) is 7.12. The third-order valence-electron chi connectivity index (χ3n) is 5.02. The van der Waals surface area contributed by atoms with Crippen LogP contribution >= 0.6 is 0 Å². The van der Waals surface area contributed by atoms with Crippen LogP contribution in [0.1, 0.15) is 18.4 Å². The standard InChI is InChI=1S/C19H26N6O2/c1-13-4-5-15(21-11-13)16-17(22-14-3-2-6-20-12-14)23-19(24-18(16)26)25-7-9-27-10-8-25/h4-5,11,14,20H,2-3,6-10,12H2,1H3,(H2,22,23,24,26)/t14-/m1/s1. The molecule has 1 atom stereocenters. The molecule has 2 saturated heterocycles. The smallest absolute Gasteiger partial charge is 0.263 e. The summed E-state index contributed by atoms with van der Waals surface area (Å²) in [6, 6.07) is 4.08. The van der Waals surface area contributed by atoms with E-state index in [1.54, 1.807) is 6.20 Å². The van der Waals surface area contributed by atoms with Gasteiger partial charge in [-0.2, -0.15) is 4.98 Å². The minimum absolute atomic E-state index is 0.172. The molecule has 2 aromatic heterocycles. The van der Waals surface area contributed by atoms with Crippen LogP contribution in [0.2, 0.25) is 0 Å². The van der Waals surface area contributed by atoms with Crippen LogP contribution in [0.5, 0.6) is 0 Å². The minimum Gasteiger partial charge on any atom is -0.378 e. The van der Waals surface area contributed by atoms with Crippen molar-refractivity contribution in [2.45, 2.75) is 25.8 Å². The number of anilines is 2. The van der Waals surface area contributed by atoms with Gasteiger partial charge in [-0.3, -0.25) is 14.8 Å². The lowest BCUT2D eigenvalue weighted by molar-refractivity contribution is 0.122. The second-order valence-corrected chi connectivity index (χ2v) is 7.12. The van der Waals surface area contributed by atoms with E-state index in [9.17, 15) is 4.79 Å². The summed E-state index contributed by atoms with van der Waals surface area (Å²) in [5.74, 6) is 1.19. The quantitative estimate of drug-likeness (QED) is 0.743. The van der Waals surface area contributed by atoms with Gasteiger partial charge >= 0.3 is 0 Å². The first-order valence-corrected chi connectivity index (χ1v) is 9.58. The second kappa shape index (κ2) is 8.06. The number of aromatic nitrogens is 3. The molecule has 0 aromatic carbocycles. The normalized spacial score (nSPS) is 20.5. The molecule has 0 spiro atoms. The Morgan fingerprint density at radius 1 is 1.30 bits per heavy atom. The van der Waals surface area contributed by atoms with Crippen molar-refractivity contribution in [3.63, 3.8) is 0 Å². The number of nitrogens with zero attached hydrogens (tertiary/aromatic N) is 3. The van der Waals surface area contributed by atoms with Gasteiger partial charge in [-0.15, -0.1) is 0 Å². The van der Waals surface area contributed by atoms with Crippen molar-refractivity contribution in [2.75, 3.05) is 49.6 Å². The summed E-state index contributed by atoms with van der Waals surface area (Å²) >= 11 is 0. The van der Waals surface area contributed by atoms with Crippen LogP contribution in [0.15, 0.2) is 23.1 Å². The fourth-order valence-corrected chi connectivity index (χ4v) is 3.51. The van der Waals surface area contributed by atoms with Gasteiger partial charge in [-0.05, 0) is 37.9 Å². The molecule has 3 N–H and O–H groups in total. The van der Waals surface area contributed by atoms with Gasteiger partial charge in [-0.25, -0.2) is 0 Å². The fraction of sp³-hybridized carbons (Fsp3) is 0.526. The summed E-state index contributed by atoms with van der Waals surface area (Å²) in [4.78, 5) is 27.2. The van der Waals surface area contributed by atoms with Crippen LogP contribution in [0, 0.1) is 6.92 Å². The minimum atomic E-state index is -0.172. The molecular formula is C19H26N6O2. The average molecular weight is 370 g/mol. The molecule has 144 valence electrons. The van der Waals surface area contributed by atoms with Crippen molar-refractivity contribution in [1.82, 2.24) is 20.3 Å². The van der Waals surface area contributed by atoms with Crippen molar-refractivity contribution < 1.29 is 4.74 Å². The van der Waals surface area contributed by atoms with Gasteiger partial charge in [0, 0.05) is 31.9 Å². The highest BCUT2D eigenvalue weighted by Gasteiger charge is 2.22. The molecule has 2 aliphatic rings. The van der Waals surface area contributed by atoms with Gasteiger partial charge in [0.05, 0.1) is 18.9 Å². The van der Waals surface area contributed by atoms with Gasteiger partial charge in [-0.1, -0.05) is 6.07 Å². The van der Waals surface area contributed by atoms with E-state index in [-0.39, 0.29) is 11.6 Å². The number of hydrogen-bond donors (Lipinski definition) is 3. The summed E-state index contributed by atoms with van der Waals surface area (Å²) in [6.07, 6.45) is 3.93. The molecule has 0 saturated carbocycles. The predicted octanol–water partition coefficient (Wildman–Crippen LogP) is 1.14. The largest absolute Gasteiger partial charge is 0.378 e. The molecule has 0 bridgehead atoms. The molecule has 4 heterocycles. The van der Waals surface area contributed by atoms with Crippen LogP contribution in [0.3, 0.4) is 0 Å². The van der Waals surface area contributed by atoms with Crippen LogP contribution in [0.25, 0.3) is 11.3 Å². The Morgan fingerprint density at radius 3 is 2.85 bits per heavy atom. The van der Waals surface area contributed by atoms with E-state index in [0.717, 1.165) is 44.6 Å². The topological polar surface area (TPSA) is 95.2 Å².